The molecule has 3 aromatic rings. The van der Waals surface area contributed by atoms with Crippen molar-refractivity contribution in [3.63, 3.8) is 0 Å². The summed E-state index contributed by atoms with van der Waals surface area (Å²) in [6, 6.07) is 21.6. The Kier molecular flexibility index (Phi) is 3.75. The molecule has 0 saturated heterocycles. The van der Waals surface area contributed by atoms with Crippen LogP contribution in [-0.4, -0.2) is 5.91 Å². The fourth-order valence-electron chi connectivity index (χ4n) is 2.42. The Bertz CT molecular complexity index is 842. The number of nitrogens with one attached hydrogen (secondary N) is 1. The van der Waals surface area contributed by atoms with Gasteiger partial charge in [-0.25, -0.2) is 0 Å². The smallest absolute Gasteiger partial charge is 0.255 e. The minimum Gasteiger partial charge on any atom is -0.321 e. The largest absolute Gasteiger partial charge is 0.321 e. The number of fused-ring (bicyclic) bond motifs is 1. The van der Waals surface area contributed by atoms with Crippen LogP contribution in [0.15, 0.2) is 73.3 Å². The molecule has 0 aliphatic heterocycles. The second kappa shape index (κ2) is 5.86. The number of hydrogen-bond acceptors (Lipinski definition) is 1. The first-order valence-corrected chi connectivity index (χ1v) is 7.20. The van der Waals surface area contributed by atoms with Gasteiger partial charge in [0, 0.05) is 16.6 Å². The molecule has 3 rings (SSSR count). The van der Waals surface area contributed by atoms with E-state index in [-0.39, 0.29) is 5.91 Å². The van der Waals surface area contributed by atoms with Crippen molar-refractivity contribution in [2.24, 2.45) is 0 Å². The predicted octanol–water partition coefficient (Wildman–Crippen LogP) is 4.80. The van der Waals surface area contributed by atoms with Crippen molar-refractivity contribution in [2.45, 2.75) is 6.92 Å². The maximum Gasteiger partial charge on any atom is 0.255 e. The quantitative estimate of drug-likeness (QED) is 0.689. The number of rotatable bonds is 3. The fraction of sp³-hybridized carbons (Fsp3) is 0.0500. The minimum absolute atomic E-state index is 0.180. The lowest BCUT2D eigenvalue weighted by molar-refractivity contribution is -0.111. The molecule has 0 atom stereocenters. The molecule has 0 unspecified atom stereocenters. The van der Waals surface area contributed by atoms with Gasteiger partial charge in [-0.1, -0.05) is 72.8 Å². The van der Waals surface area contributed by atoms with Crippen LogP contribution in [0.3, 0.4) is 0 Å². The van der Waals surface area contributed by atoms with E-state index in [9.17, 15) is 4.79 Å². The number of anilines is 1. The van der Waals surface area contributed by atoms with Gasteiger partial charge in [-0.2, -0.15) is 0 Å². The van der Waals surface area contributed by atoms with Crippen molar-refractivity contribution < 1.29 is 4.79 Å². The van der Waals surface area contributed by atoms with Gasteiger partial charge in [0.2, 0.25) is 0 Å². The number of carbonyl (C=O) groups excluding carboxylic acids is 1. The molecule has 0 aliphatic rings. The highest BCUT2D eigenvalue weighted by Gasteiger charge is 2.11. The molecule has 0 aromatic heterocycles. The summed E-state index contributed by atoms with van der Waals surface area (Å²) in [4.78, 5) is 12.4. The lowest BCUT2D eigenvalue weighted by Gasteiger charge is -2.10. The Hall–Kier alpha value is -2.87. The van der Waals surface area contributed by atoms with E-state index in [1.165, 1.54) is 0 Å². The van der Waals surface area contributed by atoms with Gasteiger partial charge in [0.15, 0.2) is 0 Å². The summed E-state index contributed by atoms with van der Waals surface area (Å²) in [6.07, 6.45) is 0. The van der Waals surface area contributed by atoms with E-state index in [2.05, 4.69) is 11.9 Å². The van der Waals surface area contributed by atoms with E-state index in [0.29, 0.717) is 5.57 Å². The summed E-state index contributed by atoms with van der Waals surface area (Å²) in [5, 5.41) is 5.08. The van der Waals surface area contributed by atoms with Gasteiger partial charge in [-0.3, -0.25) is 4.79 Å². The Morgan fingerprint density at radius 2 is 1.59 bits per heavy atom. The summed E-state index contributed by atoms with van der Waals surface area (Å²) in [5.41, 5.74) is 3.26. The molecule has 3 aromatic carbocycles. The molecule has 2 nitrogen and oxygen atoms in total. The zero-order chi connectivity index (χ0) is 15.5. The van der Waals surface area contributed by atoms with Crippen LogP contribution in [0.4, 0.5) is 5.69 Å². The van der Waals surface area contributed by atoms with Crippen molar-refractivity contribution in [1.82, 2.24) is 0 Å². The molecule has 1 N–H and O–H groups in total. The number of hydrogen-bond donors (Lipinski definition) is 1. The Balaban J connectivity index is 1.87. The molecule has 0 aliphatic carbocycles. The van der Waals surface area contributed by atoms with Crippen molar-refractivity contribution in [3.05, 3.63) is 84.4 Å². The van der Waals surface area contributed by atoms with Crippen LogP contribution < -0.4 is 5.32 Å². The van der Waals surface area contributed by atoms with Crippen LogP contribution in [0, 0.1) is 6.92 Å². The average molecular weight is 287 g/mol. The number of benzene rings is 3. The highest BCUT2D eigenvalue weighted by atomic mass is 16.1. The number of amides is 1. The number of carbonyl (C=O) groups is 1. The molecule has 0 bridgehead atoms. The van der Waals surface area contributed by atoms with E-state index >= 15 is 0 Å². The maximum absolute atomic E-state index is 12.4. The minimum atomic E-state index is -0.180. The highest BCUT2D eigenvalue weighted by Crippen LogP contribution is 2.24. The standard InChI is InChI=1S/C20H17NO/c1-14-10-12-16(13-11-14)15(2)20(22)21-19-9-5-7-17-6-3-4-8-18(17)19/h3-13H,2H2,1H3,(H,21,22). The molecule has 2 heteroatoms. The van der Waals surface area contributed by atoms with Crippen LogP contribution in [0.25, 0.3) is 16.3 Å². The summed E-state index contributed by atoms with van der Waals surface area (Å²) < 4.78 is 0. The molecule has 0 saturated carbocycles. The lowest BCUT2D eigenvalue weighted by atomic mass is 10.0. The summed E-state index contributed by atoms with van der Waals surface area (Å²) >= 11 is 0. The second-order valence-corrected chi connectivity index (χ2v) is 5.33. The van der Waals surface area contributed by atoms with Crippen molar-refractivity contribution in [3.8, 4) is 0 Å². The predicted molar refractivity (Wildman–Crippen MR) is 92.8 cm³/mol. The first-order chi connectivity index (χ1) is 10.6. The molecule has 0 radical (unpaired) electrons. The maximum atomic E-state index is 12.4. The van der Waals surface area contributed by atoms with Crippen LogP contribution in [-0.2, 0) is 4.79 Å². The molecule has 0 fully saturated rings. The fourth-order valence-corrected chi connectivity index (χ4v) is 2.42. The van der Waals surface area contributed by atoms with E-state index in [1.807, 2.05) is 73.7 Å². The zero-order valence-electron chi connectivity index (χ0n) is 12.5. The Morgan fingerprint density at radius 1 is 0.909 bits per heavy atom. The van der Waals surface area contributed by atoms with Crippen molar-refractivity contribution >= 4 is 27.9 Å². The lowest BCUT2D eigenvalue weighted by Crippen LogP contribution is -2.13. The Labute approximate surface area is 130 Å². The topological polar surface area (TPSA) is 29.1 Å². The Morgan fingerprint density at radius 3 is 2.36 bits per heavy atom. The molecular formula is C20H17NO. The third kappa shape index (κ3) is 2.77. The van der Waals surface area contributed by atoms with E-state index in [0.717, 1.165) is 27.6 Å². The van der Waals surface area contributed by atoms with Crippen molar-refractivity contribution in [2.75, 3.05) is 5.32 Å². The molecule has 1 amide bonds. The molecule has 22 heavy (non-hydrogen) atoms. The van der Waals surface area contributed by atoms with E-state index in [4.69, 9.17) is 0 Å². The molecule has 0 spiro atoms. The monoisotopic (exact) mass is 287 g/mol. The normalized spacial score (nSPS) is 10.4. The third-order valence-electron chi connectivity index (χ3n) is 3.71. The molecular weight excluding hydrogens is 270 g/mol. The van der Waals surface area contributed by atoms with E-state index < -0.39 is 0 Å². The first kappa shape index (κ1) is 14.1. The first-order valence-electron chi connectivity index (χ1n) is 7.20. The van der Waals surface area contributed by atoms with Gasteiger partial charge >= 0.3 is 0 Å². The van der Waals surface area contributed by atoms with Crippen LogP contribution in [0.2, 0.25) is 0 Å². The van der Waals surface area contributed by atoms with Gasteiger partial charge in [0.05, 0.1) is 0 Å². The molecule has 0 heterocycles. The van der Waals surface area contributed by atoms with E-state index in [1.54, 1.807) is 0 Å². The summed E-state index contributed by atoms with van der Waals surface area (Å²) in [7, 11) is 0. The third-order valence-corrected chi connectivity index (χ3v) is 3.71. The van der Waals surface area contributed by atoms with Crippen LogP contribution >= 0.6 is 0 Å². The molecule has 108 valence electrons. The average Bonchev–Trinajstić information content (AvgIpc) is 2.55. The van der Waals surface area contributed by atoms with Crippen LogP contribution in [0.5, 0.6) is 0 Å². The van der Waals surface area contributed by atoms with Gasteiger partial charge in [0.25, 0.3) is 5.91 Å². The van der Waals surface area contributed by atoms with Gasteiger partial charge < -0.3 is 5.32 Å². The van der Waals surface area contributed by atoms with Crippen molar-refractivity contribution in [1.29, 1.82) is 0 Å². The van der Waals surface area contributed by atoms with Gasteiger partial charge in [-0.15, -0.1) is 0 Å². The zero-order valence-corrected chi connectivity index (χ0v) is 12.5. The van der Waals surface area contributed by atoms with Crippen LogP contribution in [0.1, 0.15) is 11.1 Å². The highest BCUT2D eigenvalue weighted by molar-refractivity contribution is 6.25. The second-order valence-electron chi connectivity index (χ2n) is 5.33. The summed E-state index contributed by atoms with van der Waals surface area (Å²) in [5.74, 6) is -0.180. The SMILES string of the molecule is C=C(C(=O)Nc1cccc2ccccc12)c1ccc(C)cc1. The van der Waals surface area contributed by atoms with Gasteiger partial charge in [0.1, 0.15) is 0 Å². The van der Waals surface area contributed by atoms with Gasteiger partial charge in [-0.05, 0) is 23.9 Å². The summed E-state index contributed by atoms with van der Waals surface area (Å²) in [6.45, 7) is 5.94. The number of aryl methyl sites for hydroxylation is 1.